The number of hydrogen-bond acceptors (Lipinski definition) is 5. The predicted molar refractivity (Wildman–Crippen MR) is 135 cm³/mol. The van der Waals surface area contributed by atoms with Crippen molar-refractivity contribution in [3.63, 3.8) is 0 Å². The van der Waals surface area contributed by atoms with Crippen LogP contribution in [-0.4, -0.2) is 34.2 Å². The molecule has 4 rings (SSSR count). The molecule has 1 amide bonds. The molecule has 2 heterocycles. The average molecular weight is 458 g/mol. The molecule has 1 unspecified atom stereocenters. The van der Waals surface area contributed by atoms with E-state index in [0.29, 0.717) is 6.54 Å². The molecule has 0 spiro atoms. The van der Waals surface area contributed by atoms with Crippen molar-refractivity contribution in [1.82, 2.24) is 10.3 Å². The number of hydrogen-bond donors (Lipinski definition) is 3. The van der Waals surface area contributed by atoms with Gasteiger partial charge in [-0.1, -0.05) is 49.2 Å². The molecule has 3 aromatic rings. The molecule has 0 fully saturated rings. The monoisotopic (exact) mass is 457 g/mol. The van der Waals surface area contributed by atoms with Crippen molar-refractivity contribution in [2.75, 3.05) is 18.0 Å². The molecule has 6 heteroatoms. The summed E-state index contributed by atoms with van der Waals surface area (Å²) in [5.41, 5.74) is 4.20. The predicted octanol–water partition coefficient (Wildman–Crippen LogP) is 4.99. The van der Waals surface area contributed by atoms with Gasteiger partial charge in [-0.05, 0) is 54.2 Å². The Labute approximate surface area is 200 Å². The van der Waals surface area contributed by atoms with Gasteiger partial charge in [0.2, 0.25) is 5.91 Å². The average Bonchev–Trinajstić information content (AvgIpc) is 3.20. The van der Waals surface area contributed by atoms with Gasteiger partial charge in [0.1, 0.15) is 0 Å². The molecule has 1 aliphatic heterocycles. The molecular formula is C28H31N3O3. The Bertz CT molecular complexity index is 1120. The van der Waals surface area contributed by atoms with E-state index in [1.54, 1.807) is 36.7 Å². The molecule has 0 aliphatic carbocycles. The first-order valence-electron chi connectivity index (χ1n) is 11.8. The van der Waals surface area contributed by atoms with Crippen molar-refractivity contribution < 1.29 is 15.0 Å². The molecule has 1 aliphatic rings. The Balaban J connectivity index is 1.23. The number of nitrogens with zero attached hydrogens (tertiary/aromatic N) is 2. The second-order valence-corrected chi connectivity index (χ2v) is 8.62. The molecule has 3 N–H and O–H groups in total. The maximum atomic E-state index is 12.0. The second kappa shape index (κ2) is 11.4. The molecule has 0 radical (unpaired) electrons. The number of carbonyl (C=O) groups excluding carboxylic acids is 1. The minimum Gasteiger partial charge on any atom is -0.504 e. The van der Waals surface area contributed by atoms with Gasteiger partial charge in [-0.15, -0.1) is 0 Å². The van der Waals surface area contributed by atoms with Crippen molar-refractivity contribution in [2.24, 2.45) is 0 Å². The van der Waals surface area contributed by atoms with Crippen molar-refractivity contribution in [2.45, 2.75) is 38.1 Å². The number of rotatable bonds is 10. The topological polar surface area (TPSA) is 85.7 Å². The fraction of sp³-hybridized carbons (Fsp3) is 0.286. The zero-order valence-corrected chi connectivity index (χ0v) is 19.2. The fourth-order valence-corrected chi connectivity index (χ4v) is 4.45. The van der Waals surface area contributed by atoms with E-state index in [9.17, 15) is 15.0 Å². The van der Waals surface area contributed by atoms with Crippen LogP contribution in [0.1, 0.15) is 48.4 Å². The summed E-state index contributed by atoms with van der Waals surface area (Å²) in [6.45, 7) is 1.53. The van der Waals surface area contributed by atoms with Crippen LogP contribution in [0, 0.1) is 0 Å². The first-order chi connectivity index (χ1) is 16.6. The van der Waals surface area contributed by atoms with Crippen molar-refractivity contribution in [3.05, 3.63) is 89.8 Å². The molecule has 34 heavy (non-hydrogen) atoms. The van der Waals surface area contributed by atoms with Crippen LogP contribution in [0.4, 0.5) is 5.69 Å². The lowest BCUT2D eigenvalue weighted by Gasteiger charge is -2.28. The second-order valence-electron chi connectivity index (χ2n) is 8.62. The van der Waals surface area contributed by atoms with Gasteiger partial charge in [-0.25, -0.2) is 0 Å². The summed E-state index contributed by atoms with van der Waals surface area (Å²) in [6, 6.07) is 17.7. The van der Waals surface area contributed by atoms with Gasteiger partial charge in [0, 0.05) is 43.3 Å². The fourth-order valence-electron chi connectivity index (χ4n) is 4.45. The quantitative estimate of drug-likeness (QED) is 0.227. The number of aromatic hydroxyl groups is 2. The SMILES string of the molecule is O=C(/C=C/c1cccnc1)NCCCCCCN1c2cc(O)c(O)cc2CC1c1ccccc1. The third-order valence-corrected chi connectivity index (χ3v) is 6.20. The Morgan fingerprint density at radius 3 is 2.62 bits per heavy atom. The molecule has 176 valence electrons. The molecule has 0 bridgehead atoms. The maximum Gasteiger partial charge on any atom is 0.243 e. The normalized spacial score (nSPS) is 14.9. The van der Waals surface area contributed by atoms with E-state index in [1.165, 1.54) is 5.56 Å². The largest absolute Gasteiger partial charge is 0.504 e. The summed E-state index contributed by atoms with van der Waals surface area (Å²) in [7, 11) is 0. The third kappa shape index (κ3) is 5.95. The van der Waals surface area contributed by atoms with Gasteiger partial charge in [0.25, 0.3) is 0 Å². The number of phenolic OH excluding ortho intramolecular Hbond substituents is 2. The molecule has 1 atom stereocenters. The summed E-state index contributed by atoms with van der Waals surface area (Å²) >= 11 is 0. The highest BCUT2D eigenvalue weighted by molar-refractivity contribution is 5.91. The Morgan fingerprint density at radius 2 is 1.82 bits per heavy atom. The third-order valence-electron chi connectivity index (χ3n) is 6.20. The number of nitrogens with one attached hydrogen (secondary N) is 1. The lowest BCUT2D eigenvalue weighted by Crippen LogP contribution is -2.26. The Hall–Kier alpha value is -3.80. The van der Waals surface area contributed by atoms with Gasteiger partial charge in [-0.2, -0.15) is 0 Å². The number of pyridine rings is 1. The summed E-state index contributed by atoms with van der Waals surface area (Å²) in [6.07, 6.45) is 11.6. The van der Waals surface area contributed by atoms with Crippen LogP contribution < -0.4 is 10.2 Å². The van der Waals surface area contributed by atoms with E-state index in [0.717, 1.165) is 55.5 Å². The zero-order valence-electron chi connectivity index (χ0n) is 19.2. The highest BCUT2D eigenvalue weighted by Gasteiger charge is 2.31. The molecule has 1 aromatic heterocycles. The van der Waals surface area contributed by atoms with Crippen LogP contribution in [0.2, 0.25) is 0 Å². The number of fused-ring (bicyclic) bond motifs is 1. The van der Waals surface area contributed by atoms with Crippen LogP contribution in [-0.2, 0) is 11.2 Å². The van der Waals surface area contributed by atoms with E-state index in [1.807, 2.05) is 30.3 Å². The van der Waals surface area contributed by atoms with Crippen LogP contribution >= 0.6 is 0 Å². The first kappa shape index (κ1) is 23.4. The van der Waals surface area contributed by atoms with Crippen molar-refractivity contribution >= 4 is 17.7 Å². The maximum absolute atomic E-state index is 12.0. The van der Waals surface area contributed by atoms with Crippen LogP contribution in [0.5, 0.6) is 11.5 Å². The number of benzene rings is 2. The number of amides is 1. The highest BCUT2D eigenvalue weighted by atomic mass is 16.3. The Kier molecular flexibility index (Phi) is 7.81. The van der Waals surface area contributed by atoms with Crippen LogP contribution in [0.25, 0.3) is 6.08 Å². The van der Waals surface area contributed by atoms with Crippen molar-refractivity contribution in [3.8, 4) is 11.5 Å². The number of carbonyl (C=O) groups is 1. The smallest absolute Gasteiger partial charge is 0.243 e. The van der Waals surface area contributed by atoms with Gasteiger partial charge in [0.15, 0.2) is 11.5 Å². The van der Waals surface area contributed by atoms with Crippen LogP contribution in [0.15, 0.2) is 73.1 Å². The minimum absolute atomic E-state index is 0.0651. The van der Waals surface area contributed by atoms with Crippen LogP contribution in [0.3, 0.4) is 0 Å². The number of phenols is 2. The number of aromatic nitrogens is 1. The molecule has 0 saturated carbocycles. The van der Waals surface area contributed by atoms with E-state index in [-0.39, 0.29) is 23.4 Å². The van der Waals surface area contributed by atoms with Gasteiger partial charge < -0.3 is 20.4 Å². The van der Waals surface area contributed by atoms with Gasteiger partial charge in [-0.3, -0.25) is 9.78 Å². The summed E-state index contributed by atoms with van der Waals surface area (Å²) in [5.74, 6) is -0.234. The van der Waals surface area contributed by atoms with E-state index in [2.05, 4.69) is 27.3 Å². The van der Waals surface area contributed by atoms with Crippen molar-refractivity contribution in [1.29, 1.82) is 0 Å². The molecule has 6 nitrogen and oxygen atoms in total. The standard InChI is InChI=1S/C28H31N3O3/c32-26-18-23-17-24(22-10-4-3-5-11-22)31(25(23)19-27(26)33)16-7-2-1-6-15-30-28(34)13-12-21-9-8-14-29-20-21/h3-5,8-14,18-20,24,32-33H,1-2,6-7,15-17H2,(H,30,34)/b13-12+. The summed E-state index contributed by atoms with van der Waals surface area (Å²) in [5, 5.41) is 22.9. The molecule has 0 saturated heterocycles. The first-order valence-corrected chi connectivity index (χ1v) is 11.8. The number of unbranched alkanes of at least 4 members (excludes halogenated alkanes) is 3. The lowest BCUT2D eigenvalue weighted by molar-refractivity contribution is -0.116. The highest BCUT2D eigenvalue weighted by Crippen LogP contribution is 2.44. The van der Waals surface area contributed by atoms with E-state index >= 15 is 0 Å². The summed E-state index contributed by atoms with van der Waals surface area (Å²) in [4.78, 5) is 18.3. The Morgan fingerprint density at radius 1 is 1.03 bits per heavy atom. The van der Waals surface area contributed by atoms with E-state index in [4.69, 9.17) is 0 Å². The molecular weight excluding hydrogens is 426 g/mol. The summed E-state index contributed by atoms with van der Waals surface area (Å²) < 4.78 is 0. The van der Waals surface area contributed by atoms with E-state index < -0.39 is 0 Å². The van der Waals surface area contributed by atoms with Gasteiger partial charge in [0.05, 0.1) is 6.04 Å². The van der Waals surface area contributed by atoms with Gasteiger partial charge >= 0.3 is 0 Å². The molecule has 2 aromatic carbocycles. The number of anilines is 1. The minimum atomic E-state index is -0.0914. The lowest BCUT2D eigenvalue weighted by atomic mass is 10.0. The zero-order chi connectivity index (χ0) is 23.8.